The third-order valence-corrected chi connectivity index (χ3v) is 5.22. The molecule has 0 spiro atoms. The van der Waals surface area contributed by atoms with Gasteiger partial charge in [-0.15, -0.1) is 23.1 Å². The van der Waals surface area contributed by atoms with Crippen LogP contribution >= 0.6 is 23.1 Å². The van der Waals surface area contributed by atoms with Crippen molar-refractivity contribution >= 4 is 39.2 Å². The molecule has 118 valence electrons. The van der Waals surface area contributed by atoms with Crippen molar-refractivity contribution in [3.05, 3.63) is 59.1 Å². The largest absolute Gasteiger partial charge is 0.387 e. The van der Waals surface area contributed by atoms with Gasteiger partial charge in [-0.05, 0) is 36.1 Å². The molecule has 1 amide bonds. The number of hydrogen-bond acceptors (Lipinski definition) is 5. The van der Waals surface area contributed by atoms with E-state index in [0.717, 1.165) is 20.7 Å². The van der Waals surface area contributed by atoms with Crippen LogP contribution in [0.4, 0.5) is 0 Å². The number of nitrogens with zero attached hydrogens (tertiary/aromatic N) is 1. The van der Waals surface area contributed by atoms with Gasteiger partial charge < -0.3 is 10.4 Å². The fourth-order valence-electron chi connectivity index (χ4n) is 2.18. The first-order chi connectivity index (χ1) is 11.2. The third kappa shape index (κ3) is 3.72. The molecule has 0 fully saturated rings. The van der Waals surface area contributed by atoms with Crippen molar-refractivity contribution in [2.24, 2.45) is 0 Å². The molecule has 3 rings (SSSR count). The molecule has 0 aliphatic rings. The minimum absolute atomic E-state index is 0.160. The second kappa shape index (κ2) is 7.12. The number of nitrogens with one attached hydrogen (secondary N) is 1. The smallest absolute Gasteiger partial charge is 0.280 e. The van der Waals surface area contributed by atoms with Crippen LogP contribution in [0.25, 0.3) is 10.2 Å². The minimum Gasteiger partial charge on any atom is -0.387 e. The van der Waals surface area contributed by atoms with E-state index in [2.05, 4.69) is 10.3 Å². The molecular formula is C17H16N2O2S2. The van der Waals surface area contributed by atoms with Crippen molar-refractivity contribution in [3.63, 3.8) is 0 Å². The lowest BCUT2D eigenvalue weighted by molar-refractivity contribution is 0.0916. The monoisotopic (exact) mass is 344 g/mol. The summed E-state index contributed by atoms with van der Waals surface area (Å²) in [6.07, 6.45) is 1.27. The molecule has 1 atom stereocenters. The van der Waals surface area contributed by atoms with Gasteiger partial charge in [0.2, 0.25) is 0 Å². The van der Waals surface area contributed by atoms with Gasteiger partial charge in [-0.3, -0.25) is 4.79 Å². The fraction of sp³-hybridized carbons (Fsp3) is 0.176. The number of aliphatic hydroxyl groups excluding tert-OH is 1. The first kappa shape index (κ1) is 16.0. The molecule has 3 aromatic rings. The molecule has 6 heteroatoms. The van der Waals surface area contributed by atoms with Crippen molar-refractivity contribution in [2.45, 2.75) is 11.0 Å². The molecule has 2 N–H and O–H groups in total. The van der Waals surface area contributed by atoms with Gasteiger partial charge in [0.15, 0.2) is 5.01 Å². The summed E-state index contributed by atoms with van der Waals surface area (Å²) in [7, 11) is 0. The molecule has 0 aliphatic heterocycles. The van der Waals surface area contributed by atoms with Crippen LogP contribution in [0.15, 0.2) is 53.4 Å². The Kier molecular flexibility index (Phi) is 4.95. The quantitative estimate of drug-likeness (QED) is 0.696. The van der Waals surface area contributed by atoms with E-state index in [1.807, 2.05) is 54.8 Å². The van der Waals surface area contributed by atoms with Crippen LogP contribution in [0.1, 0.15) is 21.5 Å². The fourth-order valence-corrected chi connectivity index (χ4v) is 3.47. The maximum absolute atomic E-state index is 12.2. The molecule has 1 aromatic heterocycles. The van der Waals surface area contributed by atoms with Gasteiger partial charge in [-0.2, -0.15) is 0 Å². The van der Waals surface area contributed by atoms with Gasteiger partial charge >= 0.3 is 0 Å². The standard InChI is InChI=1S/C17H16N2O2S2/c1-22-12-8-6-11(7-9-12)14(20)10-18-16(21)17-19-13-4-2-3-5-15(13)23-17/h2-9,14,20H,10H2,1H3,(H,18,21)/t14-/m0/s1. The van der Waals surface area contributed by atoms with E-state index >= 15 is 0 Å². The number of carbonyl (C=O) groups is 1. The highest BCUT2D eigenvalue weighted by Crippen LogP contribution is 2.22. The van der Waals surface area contributed by atoms with Crippen LogP contribution in [-0.4, -0.2) is 28.8 Å². The predicted octanol–water partition coefficient (Wildman–Crippen LogP) is 3.48. The van der Waals surface area contributed by atoms with Crippen molar-refractivity contribution in [3.8, 4) is 0 Å². The minimum atomic E-state index is -0.732. The van der Waals surface area contributed by atoms with Gasteiger partial charge in [-0.25, -0.2) is 4.98 Å². The number of para-hydroxylation sites is 1. The Morgan fingerprint density at radius 3 is 2.70 bits per heavy atom. The average molecular weight is 344 g/mol. The molecule has 0 radical (unpaired) electrons. The maximum Gasteiger partial charge on any atom is 0.280 e. The van der Waals surface area contributed by atoms with Crippen molar-refractivity contribution < 1.29 is 9.90 Å². The topological polar surface area (TPSA) is 62.2 Å². The lowest BCUT2D eigenvalue weighted by Crippen LogP contribution is -2.28. The van der Waals surface area contributed by atoms with Crippen LogP contribution in [0.3, 0.4) is 0 Å². The van der Waals surface area contributed by atoms with E-state index < -0.39 is 6.10 Å². The van der Waals surface area contributed by atoms with Crippen LogP contribution in [0, 0.1) is 0 Å². The second-order valence-electron chi connectivity index (χ2n) is 4.99. The number of aliphatic hydroxyl groups is 1. The maximum atomic E-state index is 12.2. The number of rotatable bonds is 5. The zero-order valence-corrected chi connectivity index (χ0v) is 14.2. The van der Waals surface area contributed by atoms with Crippen LogP contribution in [0.5, 0.6) is 0 Å². The highest BCUT2D eigenvalue weighted by Gasteiger charge is 2.14. The Labute approximate surface area is 142 Å². The predicted molar refractivity (Wildman–Crippen MR) is 95.1 cm³/mol. The van der Waals surface area contributed by atoms with E-state index in [9.17, 15) is 9.90 Å². The summed E-state index contributed by atoms with van der Waals surface area (Å²) in [5.74, 6) is -0.258. The Bertz CT molecular complexity index is 782. The Morgan fingerprint density at radius 1 is 1.26 bits per heavy atom. The van der Waals surface area contributed by atoms with Crippen LogP contribution in [-0.2, 0) is 0 Å². The van der Waals surface area contributed by atoms with Crippen LogP contribution < -0.4 is 5.32 Å². The molecular weight excluding hydrogens is 328 g/mol. The summed E-state index contributed by atoms with van der Waals surface area (Å²) in [5, 5.41) is 13.3. The lowest BCUT2D eigenvalue weighted by atomic mass is 10.1. The number of carbonyl (C=O) groups excluding carboxylic acids is 1. The molecule has 1 heterocycles. The summed E-state index contributed by atoms with van der Waals surface area (Å²) < 4.78 is 0.978. The van der Waals surface area contributed by atoms with Gasteiger partial charge in [0, 0.05) is 11.4 Å². The first-order valence-corrected chi connectivity index (χ1v) is 9.17. The average Bonchev–Trinajstić information content (AvgIpc) is 3.03. The van der Waals surface area contributed by atoms with E-state index in [1.165, 1.54) is 11.3 Å². The molecule has 0 bridgehead atoms. The van der Waals surface area contributed by atoms with E-state index in [0.29, 0.717) is 5.01 Å². The zero-order chi connectivity index (χ0) is 16.2. The summed E-state index contributed by atoms with van der Waals surface area (Å²) in [4.78, 5) is 17.6. The Hall–Kier alpha value is -1.89. The number of aromatic nitrogens is 1. The van der Waals surface area contributed by atoms with Gasteiger partial charge in [0.1, 0.15) is 0 Å². The number of thioether (sulfide) groups is 1. The SMILES string of the molecule is CSc1ccc([C@@H](O)CNC(=O)c2nc3ccccc3s2)cc1. The molecule has 0 saturated carbocycles. The normalized spacial score (nSPS) is 12.3. The first-order valence-electron chi connectivity index (χ1n) is 7.13. The van der Waals surface area contributed by atoms with Gasteiger partial charge in [-0.1, -0.05) is 24.3 Å². The summed E-state index contributed by atoms with van der Waals surface area (Å²) in [6, 6.07) is 15.3. The summed E-state index contributed by atoms with van der Waals surface area (Å²) in [6.45, 7) is 0.160. The molecule has 4 nitrogen and oxygen atoms in total. The second-order valence-corrected chi connectivity index (χ2v) is 6.90. The van der Waals surface area contributed by atoms with Crippen molar-refractivity contribution in [1.29, 1.82) is 0 Å². The van der Waals surface area contributed by atoms with E-state index in [4.69, 9.17) is 0 Å². The molecule has 0 unspecified atom stereocenters. The van der Waals surface area contributed by atoms with Crippen LogP contribution in [0.2, 0.25) is 0 Å². The van der Waals surface area contributed by atoms with E-state index in [-0.39, 0.29) is 12.5 Å². The van der Waals surface area contributed by atoms with Crippen molar-refractivity contribution in [2.75, 3.05) is 12.8 Å². The highest BCUT2D eigenvalue weighted by molar-refractivity contribution is 7.98. The Morgan fingerprint density at radius 2 is 2.00 bits per heavy atom. The molecule has 2 aromatic carbocycles. The third-order valence-electron chi connectivity index (χ3n) is 3.44. The highest BCUT2D eigenvalue weighted by atomic mass is 32.2. The number of fused-ring (bicyclic) bond motifs is 1. The van der Waals surface area contributed by atoms with Gasteiger partial charge in [0.25, 0.3) is 5.91 Å². The number of benzene rings is 2. The molecule has 0 aliphatic carbocycles. The summed E-state index contributed by atoms with van der Waals surface area (Å²) in [5.41, 5.74) is 1.60. The molecule has 0 saturated heterocycles. The Balaban J connectivity index is 1.63. The number of thiazole rings is 1. The number of amides is 1. The summed E-state index contributed by atoms with van der Waals surface area (Å²) >= 11 is 3.00. The molecule has 23 heavy (non-hydrogen) atoms. The number of hydrogen-bond donors (Lipinski definition) is 2. The lowest BCUT2D eigenvalue weighted by Gasteiger charge is -2.12. The van der Waals surface area contributed by atoms with Gasteiger partial charge in [0.05, 0.1) is 16.3 Å². The van der Waals surface area contributed by atoms with Crippen molar-refractivity contribution in [1.82, 2.24) is 10.3 Å². The van der Waals surface area contributed by atoms with E-state index in [1.54, 1.807) is 11.8 Å². The zero-order valence-electron chi connectivity index (χ0n) is 12.5.